The van der Waals surface area contributed by atoms with E-state index in [0.717, 1.165) is 11.3 Å². The second kappa shape index (κ2) is 9.73. The molecule has 0 fully saturated rings. The first-order valence-electron chi connectivity index (χ1n) is 8.92. The van der Waals surface area contributed by atoms with E-state index in [0.29, 0.717) is 12.2 Å². The van der Waals surface area contributed by atoms with Gasteiger partial charge in [0.15, 0.2) is 0 Å². The van der Waals surface area contributed by atoms with Crippen molar-refractivity contribution >= 4 is 23.2 Å². The summed E-state index contributed by atoms with van der Waals surface area (Å²) in [5.41, 5.74) is 3.63. The van der Waals surface area contributed by atoms with Gasteiger partial charge in [0.2, 0.25) is 5.91 Å². The summed E-state index contributed by atoms with van der Waals surface area (Å²) in [7, 11) is 1.49. The molecular formula is C21H27N3O3. The molecular weight excluding hydrogens is 342 g/mol. The molecule has 0 aliphatic rings. The number of hydrogen-bond acceptors (Lipinski definition) is 4. The topological polar surface area (TPSA) is 79.5 Å². The van der Waals surface area contributed by atoms with Crippen molar-refractivity contribution in [3.05, 3.63) is 59.7 Å². The normalized spacial score (nSPS) is 12.7. The predicted molar refractivity (Wildman–Crippen MR) is 108 cm³/mol. The highest BCUT2D eigenvalue weighted by Gasteiger charge is 2.14. The highest BCUT2D eigenvalue weighted by atomic mass is 16.5. The van der Waals surface area contributed by atoms with E-state index in [9.17, 15) is 9.59 Å². The van der Waals surface area contributed by atoms with E-state index in [1.807, 2.05) is 43.3 Å². The second-order valence-electron chi connectivity index (χ2n) is 6.52. The number of amides is 2. The Morgan fingerprint density at radius 1 is 1.00 bits per heavy atom. The van der Waals surface area contributed by atoms with Gasteiger partial charge in [0.1, 0.15) is 12.1 Å². The molecule has 6 nitrogen and oxygen atoms in total. The fourth-order valence-electron chi connectivity index (χ4n) is 2.40. The fourth-order valence-corrected chi connectivity index (χ4v) is 2.40. The maximum atomic E-state index is 12.3. The summed E-state index contributed by atoms with van der Waals surface area (Å²) < 4.78 is 5.00. The third-order valence-corrected chi connectivity index (χ3v) is 4.22. The zero-order valence-electron chi connectivity index (χ0n) is 16.2. The molecule has 2 atom stereocenters. The third-order valence-electron chi connectivity index (χ3n) is 4.22. The molecule has 0 aliphatic heterocycles. The Morgan fingerprint density at radius 2 is 1.67 bits per heavy atom. The Kier molecular flexibility index (Phi) is 7.37. The summed E-state index contributed by atoms with van der Waals surface area (Å²) in [6, 6.07) is 14.9. The molecule has 0 bridgehead atoms. The lowest BCUT2D eigenvalue weighted by molar-refractivity contribution is -0.124. The standard InChI is InChI=1S/C21H27N3O3/c1-14-8-10-17(11-9-14)13-22-20(25)15(2)23-18-6-5-7-19(12-18)24-21(26)16(3)27-4/h5-12,15-16,23H,13H2,1-4H3,(H,22,25)(H,24,26). The van der Waals surface area contributed by atoms with Crippen molar-refractivity contribution < 1.29 is 14.3 Å². The van der Waals surface area contributed by atoms with Crippen LogP contribution in [0.4, 0.5) is 11.4 Å². The summed E-state index contributed by atoms with van der Waals surface area (Å²) in [5, 5.41) is 8.85. The van der Waals surface area contributed by atoms with Crippen molar-refractivity contribution in [2.24, 2.45) is 0 Å². The summed E-state index contributed by atoms with van der Waals surface area (Å²) in [4.78, 5) is 24.2. The van der Waals surface area contributed by atoms with Crippen molar-refractivity contribution in [2.45, 2.75) is 39.5 Å². The van der Waals surface area contributed by atoms with Gasteiger partial charge >= 0.3 is 0 Å². The van der Waals surface area contributed by atoms with Crippen LogP contribution < -0.4 is 16.0 Å². The van der Waals surface area contributed by atoms with Crippen LogP contribution in [0.1, 0.15) is 25.0 Å². The lowest BCUT2D eigenvalue weighted by Gasteiger charge is -2.17. The predicted octanol–water partition coefficient (Wildman–Crippen LogP) is 3.09. The molecule has 0 spiro atoms. The lowest BCUT2D eigenvalue weighted by atomic mass is 10.1. The summed E-state index contributed by atoms with van der Waals surface area (Å²) >= 11 is 0. The molecule has 0 aromatic heterocycles. The quantitative estimate of drug-likeness (QED) is 0.668. The second-order valence-corrected chi connectivity index (χ2v) is 6.52. The largest absolute Gasteiger partial charge is 0.374 e. The van der Waals surface area contributed by atoms with Gasteiger partial charge in [0.05, 0.1) is 0 Å². The van der Waals surface area contributed by atoms with Gasteiger partial charge < -0.3 is 20.7 Å². The van der Waals surface area contributed by atoms with E-state index in [4.69, 9.17) is 4.74 Å². The van der Waals surface area contributed by atoms with E-state index in [2.05, 4.69) is 16.0 Å². The summed E-state index contributed by atoms with van der Waals surface area (Å²) in [6.45, 7) is 5.98. The van der Waals surface area contributed by atoms with Gasteiger partial charge in [-0.05, 0) is 44.5 Å². The van der Waals surface area contributed by atoms with Gasteiger partial charge in [-0.2, -0.15) is 0 Å². The molecule has 2 rings (SSSR count). The first-order valence-corrected chi connectivity index (χ1v) is 8.92. The van der Waals surface area contributed by atoms with Crippen LogP contribution in [-0.4, -0.2) is 31.1 Å². The molecule has 2 unspecified atom stereocenters. The number of nitrogens with one attached hydrogen (secondary N) is 3. The first-order chi connectivity index (χ1) is 12.9. The molecule has 0 heterocycles. The number of carbonyl (C=O) groups is 2. The SMILES string of the molecule is COC(C)C(=O)Nc1cccc(NC(C)C(=O)NCc2ccc(C)cc2)c1. The van der Waals surface area contributed by atoms with Crippen molar-refractivity contribution in [2.75, 3.05) is 17.7 Å². The first kappa shape index (κ1) is 20.5. The van der Waals surface area contributed by atoms with Crippen LogP contribution in [0.5, 0.6) is 0 Å². The summed E-state index contributed by atoms with van der Waals surface area (Å²) in [6.07, 6.45) is -0.534. The van der Waals surface area contributed by atoms with E-state index in [1.165, 1.54) is 12.7 Å². The molecule has 0 saturated heterocycles. The average molecular weight is 369 g/mol. The number of methoxy groups -OCH3 is 1. The van der Waals surface area contributed by atoms with Gasteiger partial charge in [-0.1, -0.05) is 35.9 Å². The maximum Gasteiger partial charge on any atom is 0.253 e. The number of benzene rings is 2. The van der Waals surface area contributed by atoms with Crippen molar-refractivity contribution in [3.63, 3.8) is 0 Å². The van der Waals surface area contributed by atoms with Crippen LogP contribution >= 0.6 is 0 Å². The van der Waals surface area contributed by atoms with Gasteiger partial charge in [-0.3, -0.25) is 9.59 Å². The highest BCUT2D eigenvalue weighted by Crippen LogP contribution is 2.16. The van der Waals surface area contributed by atoms with Crippen LogP contribution in [0.15, 0.2) is 48.5 Å². The number of carbonyl (C=O) groups excluding carboxylic acids is 2. The molecule has 2 aromatic rings. The van der Waals surface area contributed by atoms with Crippen molar-refractivity contribution in [1.29, 1.82) is 0 Å². The smallest absolute Gasteiger partial charge is 0.253 e. The number of ether oxygens (including phenoxy) is 1. The van der Waals surface area contributed by atoms with Crippen LogP contribution in [0.25, 0.3) is 0 Å². The van der Waals surface area contributed by atoms with Crippen molar-refractivity contribution in [3.8, 4) is 0 Å². The Bertz CT molecular complexity index is 774. The van der Waals surface area contributed by atoms with E-state index < -0.39 is 12.1 Å². The number of rotatable bonds is 8. The molecule has 27 heavy (non-hydrogen) atoms. The van der Waals surface area contributed by atoms with Crippen LogP contribution in [0.2, 0.25) is 0 Å². The van der Waals surface area contributed by atoms with Crippen molar-refractivity contribution in [1.82, 2.24) is 5.32 Å². The lowest BCUT2D eigenvalue weighted by Crippen LogP contribution is -2.37. The maximum absolute atomic E-state index is 12.3. The number of hydrogen-bond donors (Lipinski definition) is 3. The minimum Gasteiger partial charge on any atom is -0.374 e. The minimum atomic E-state index is -0.534. The molecule has 0 radical (unpaired) electrons. The van der Waals surface area contributed by atoms with E-state index in [-0.39, 0.29) is 11.8 Å². The van der Waals surface area contributed by atoms with Crippen LogP contribution in [0, 0.1) is 6.92 Å². The molecule has 2 aromatic carbocycles. The Balaban J connectivity index is 1.89. The third kappa shape index (κ3) is 6.42. The zero-order chi connectivity index (χ0) is 19.8. The average Bonchev–Trinajstić information content (AvgIpc) is 2.66. The van der Waals surface area contributed by atoms with E-state index in [1.54, 1.807) is 26.0 Å². The molecule has 3 N–H and O–H groups in total. The number of aryl methyl sites for hydroxylation is 1. The van der Waals surface area contributed by atoms with Crippen LogP contribution in [0.3, 0.4) is 0 Å². The molecule has 0 saturated carbocycles. The highest BCUT2D eigenvalue weighted by molar-refractivity contribution is 5.94. The molecule has 6 heteroatoms. The van der Waals surface area contributed by atoms with Gasteiger partial charge in [-0.25, -0.2) is 0 Å². The Morgan fingerprint density at radius 3 is 2.33 bits per heavy atom. The van der Waals surface area contributed by atoms with Gasteiger partial charge in [-0.15, -0.1) is 0 Å². The molecule has 144 valence electrons. The Labute approximate surface area is 160 Å². The Hall–Kier alpha value is -2.86. The van der Waals surface area contributed by atoms with Gasteiger partial charge in [0.25, 0.3) is 5.91 Å². The zero-order valence-corrected chi connectivity index (χ0v) is 16.2. The summed E-state index contributed by atoms with van der Waals surface area (Å²) in [5.74, 6) is -0.323. The minimum absolute atomic E-state index is 0.0991. The monoisotopic (exact) mass is 369 g/mol. The van der Waals surface area contributed by atoms with E-state index >= 15 is 0 Å². The number of anilines is 2. The van der Waals surface area contributed by atoms with Crippen LogP contribution in [-0.2, 0) is 20.9 Å². The fraction of sp³-hybridized carbons (Fsp3) is 0.333. The molecule has 2 amide bonds. The molecule has 0 aliphatic carbocycles. The van der Waals surface area contributed by atoms with Gasteiger partial charge in [0, 0.05) is 25.0 Å².